The number of nitrogens with zero attached hydrogens (tertiary/aromatic N) is 2. The van der Waals surface area contributed by atoms with Crippen LogP contribution < -0.4 is 0 Å². The lowest BCUT2D eigenvalue weighted by molar-refractivity contribution is -0.0506. The molecule has 49 heavy (non-hydrogen) atoms. The summed E-state index contributed by atoms with van der Waals surface area (Å²) in [5.74, 6) is 1.63. The Labute approximate surface area is 298 Å². The van der Waals surface area contributed by atoms with Crippen molar-refractivity contribution in [3.8, 4) is 40.4 Å². The van der Waals surface area contributed by atoms with E-state index in [0.717, 1.165) is 65.7 Å². The number of thiophene rings is 3. The number of fused-ring (bicyclic) bond motifs is 6. The average molecular weight is 751 g/mol. The fourth-order valence-electron chi connectivity index (χ4n) is 6.53. The van der Waals surface area contributed by atoms with E-state index in [1.165, 1.54) is 43.1 Å². The van der Waals surface area contributed by atoms with Crippen LogP contribution in [-0.2, 0) is 42.0 Å². The van der Waals surface area contributed by atoms with Crippen LogP contribution in [0.2, 0.25) is 0 Å². The van der Waals surface area contributed by atoms with Gasteiger partial charge in [-0.05, 0) is 83.6 Å². The molecule has 0 radical (unpaired) electrons. The second kappa shape index (κ2) is 12.6. The predicted molar refractivity (Wildman–Crippen MR) is 198 cm³/mol. The topological polar surface area (TPSA) is 93.2 Å². The molecule has 0 fully saturated rings. The lowest BCUT2D eigenvalue weighted by Crippen LogP contribution is -2.47. The van der Waals surface area contributed by atoms with Gasteiger partial charge in [-0.25, -0.2) is 16.8 Å². The molecular formula is C36H34N2O6S5. The Hall–Kier alpha value is -3.62. The van der Waals surface area contributed by atoms with Gasteiger partial charge in [0.25, 0.3) is 0 Å². The van der Waals surface area contributed by atoms with Gasteiger partial charge in [0.2, 0.25) is 0 Å². The third-order valence-corrected chi connectivity index (χ3v) is 15.2. The molecule has 8 nitrogen and oxygen atoms in total. The average Bonchev–Trinajstić information content (AvgIpc) is 3.84. The lowest BCUT2D eigenvalue weighted by Gasteiger charge is -2.42. The maximum Gasteiger partial charge on any atom is 0.322 e. The largest absolute Gasteiger partial charge is 0.461 e. The van der Waals surface area contributed by atoms with E-state index in [-0.39, 0.29) is 0 Å². The first-order valence-corrected chi connectivity index (χ1v) is 22.2. The summed E-state index contributed by atoms with van der Waals surface area (Å²) in [5, 5.41) is 0. The molecule has 0 N–H and O–H groups in total. The van der Waals surface area contributed by atoms with Crippen LogP contribution in [0.4, 0.5) is 0 Å². The molecule has 0 atom stereocenters. The Morgan fingerprint density at radius 1 is 0.551 bits per heavy atom. The first-order chi connectivity index (χ1) is 23.5. The molecule has 6 heterocycles. The Balaban J connectivity index is 1.23. The van der Waals surface area contributed by atoms with Crippen LogP contribution in [0.1, 0.15) is 11.1 Å². The van der Waals surface area contributed by atoms with Crippen molar-refractivity contribution in [1.82, 2.24) is 9.80 Å². The summed E-state index contributed by atoms with van der Waals surface area (Å²) in [6, 6.07) is 23.3. The molecule has 0 saturated carbocycles. The first-order valence-electron chi connectivity index (χ1n) is 16.0. The summed E-state index contributed by atoms with van der Waals surface area (Å²) in [6.45, 7) is 4.33. The number of sulfone groups is 2. The molecule has 3 aromatic heterocycles. The summed E-state index contributed by atoms with van der Waals surface area (Å²) in [5.41, 5.74) is 4.50. The number of ether oxygens (including phenoxy) is 2. The molecule has 5 aromatic rings. The molecule has 0 unspecified atom stereocenters. The highest BCUT2D eigenvalue weighted by molar-refractivity contribution is 7.91. The molecular weight excluding hydrogens is 717 g/mol. The third-order valence-electron chi connectivity index (χ3n) is 9.08. The van der Waals surface area contributed by atoms with Gasteiger partial charge in [-0.2, -0.15) is 0 Å². The van der Waals surface area contributed by atoms with Crippen LogP contribution >= 0.6 is 34.0 Å². The molecule has 0 amide bonds. The van der Waals surface area contributed by atoms with E-state index in [9.17, 15) is 16.8 Å². The Bertz CT molecular complexity index is 2140. The summed E-state index contributed by atoms with van der Waals surface area (Å²) >= 11 is 5.29. The zero-order valence-electron chi connectivity index (χ0n) is 27.0. The van der Waals surface area contributed by atoms with Gasteiger partial charge in [0, 0.05) is 54.9 Å². The summed E-state index contributed by atoms with van der Waals surface area (Å²) in [4.78, 5) is 12.5. The molecule has 3 aliphatic rings. The van der Waals surface area contributed by atoms with Crippen molar-refractivity contribution in [2.75, 3.05) is 51.9 Å². The molecule has 8 rings (SSSR count). The van der Waals surface area contributed by atoms with Gasteiger partial charge < -0.3 is 19.3 Å². The Morgan fingerprint density at radius 3 is 1.39 bits per heavy atom. The van der Waals surface area contributed by atoms with E-state index in [1.807, 2.05) is 24.3 Å². The predicted octanol–water partition coefficient (Wildman–Crippen LogP) is 7.24. The zero-order chi connectivity index (χ0) is 33.9. The molecule has 2 aromatic carbocycles. The summed E-state index contributed by atoms with van der Waals surface area (Å²) in [6.07, 6.45) is 4.14. The van der Waals surface area contributed by atoms with Gasteiger partial charge in [-0.3, -0.25) is 0 Å². The van der Waals surface area contributed by atoms with Crippen molar-refractivity contribution in [3.05, 3.63) is 95.7 Å². The van der Waals surface area contributed by atoms with E-state index in [4.69, 9.17) is 9.47 Å². The van der Waals surface area contributed by atoms with Crippen LogP contribution in [0.3, 0.4) is 0 Å². The smallest absolute Gasteiger partial charge is 0.322 e. The lowest BCUT2D eigenvalue weighted by atomic mass is 10.1. The SMILES string of the molecule is CS(=O)(=O)c1ccc(-c2cc3c(s2)-c2ccc(s2)-c2sc(-c4ccc(S(C)(=O)=O)cc4)cc2CCN2CCOC4=C2N(CCO4)CC3)cc1. The quantitative estimate of drug-likeness (QED) is 0.190. The highest BCUT2D eigenvalue weighted by Crippen LogP contribution is 2.47. The Morgan fingerprint density at radius 2 is 0.980 bits per heavy atom. The molecule has 254 valence electrons. The molecule has 13 heteroatoms. The zero-order valence-corrected chi connectivity index (χ0v) is 31.1. The highest BCUT2D eigenvalue weighted by atomic mass is 32.2. The van der Waals surface area contributed by atoms with Crippen molar-refractivity contribution in [1.29, 1.82) is 0 Å². The van der Waals surface area contributed by atoms with Crippen molar-refractivity contribution < 1.29 is 26.3 Å². The fraction of sp³-hybridized carbons (Fsp3) is 0.278. The van der Waals surface area contributed by atoms with E-state index in [0.29, 0.717) is 28.9 Å². The summed E-state index contributed by atoms with van der Waals surface area (Å²) in [7, 11) is -6.56. The molecule has 0 saturated heterocycles. The second-order valence-electron chi connectivity index (χ2n) is 12.5. The van der Waals surface area contributed by atoms with Gasteiger partial charge in [0.15, 0.2) is 25.5 Å². The standard InChI is InChI=1S/C36H34N2O6S5/c1-48(39,40)27-7-3-23(4-8-27)31-21-25-13-15-37-17-19-43-36-35(37)38(18-20-44-36)16-14-26-22-32(24-5-9-28(10-6-24)49(2,41)42)47-34(26)30-12-11-29(45-30)33(25)46-31/h3-12,21-22H,13-20H2,1-2H3. The van der Waals surface area contributed by atoms with Gasteiger partial charge in [-0.15, -0.1) is 34.0 Å². The second-order valence-corrected chi connectivity index (χ2v) is 19.7. The highest BCUT2D eigenvalue weighted by Gasteiger charge is 2.32. The van der Waals surface area contributed by atoms with E-state index in [1.54, 1.807) is 58.3 Å². The van der Waals surface area contributed by atoms with Crippen molar-refractivity contribution in [2.45, 2.75) is 22.6 Å². The van der Waals surface area contributed by atoms with Crippen LogP contribution in [-0.4, -0.2) is 78.5 Å². The monoisotopic (exact) mass is 750 g/mol. The van der Waals surface area contributed by atoms with Crippen molar-refractivity contribution in [3.63, 3.8) is 0 Å². The molecule has 0 spiro atoms. The number of hydrogen-bond donors (Lipinski definition) is 0. The number of rotatable bonds is 4. The van der Waals surface area contributed by atoms with Crippen molar-refractivity contribution in [2.24, 2.45) is 0 Å². The fourth-order valence-corrected chi connectivity index (χ4v) is 11.5. The van der Waals surface area contributed by atoms with E-state index in [2.05, 4.69) is 34.1 Å². The maximum atomic E-state index is 12.1. The van der Waals surface area contributed by atoms with Gasteiger partial charge in [0.1, 0.15) is 13.2 Å². The Kier molecular flexibility index (Phi) is 8.38. The normalized spacial score (nSPS) is 16.6. The van der Waals surface area contributed by atoms with Crippen LogP contribution in [0, 0.1) is 0 Å². The van der Waals surface area contributed by atoms with Gasteiger partial charge >= 0.3 is 5.95 Å². The van der Waals surface area contributed by atoms with E-state index >= 15 is 0 Å². The van der Waals surface area contributed by atoms with Crippen LogP contribution in [0.15, 0.2) is 94.4 Å². The van der Waals surface area contributed by atoms with Crippen LogP contribution in [0.5, 0.6) is 0 Å². The summed E-state index contributed by atoms with van der Waals surface area (Å²) < 4.78 is 60.5. The maximum absolute atomic E-state index is 12.1. The van der Waals surface area contributed by atoms with Crippen LogP contribution in [0.25, 0.3) is 40.4 Å². The third kappa shape index (κ3) is 6.43. The van der Waals surface area contributed by atoms with Crippen molar-refractivity contribution >= 4 is 53.7 Å². The molecule has 0 aliphatic carbocycles. The first kappa shape index (κ1) is 32.6. The van der Waals surface area contributed by atoms with Gasteiger partial charge in [-0.1, -0.05) is 24.3 Å². The number of hydrogen-bond acceptors (Lipinski definition) is 11. The minimum atomic E-state index is -3.28. The minimum absolute atomic E-state index is 0.315. The minimum Gasteiger partial charge on any atom is -0.461 e. The number of benzene rings is 2. The molecule has 2 bridgehead atoms. The molecule has 3 aliphatic heterocycles. The van der Waals surface area contributed by atoms with Gasteiger partial charge in [0.05, 0.1) is 22.9 Å². The van der Waals surface area contributed by atoms with E-state index < -0.39 is 19.7 Å².